The van der Waals surface area contributed by atoms with Crippen molar-refractivity contribution in [1.29, 1.82) is 0 Å². The van der Waals surface area contributed by atoms with Crippen LogP contribution in [-0.2, 0) is 6.42 Å². The first-order chi connectivity index (χ1) is 11.5. The monoisotopic (exact) mass is 333 g/mol. The van der Waals surface area contributed by atoms with E-state index < -0.39 is 17.5 Å². The highest BCUT2D eigenvalue weighted by Crippen LogP contribution is 2.33. The molecule has 0 aliphatic rings. The fourth-order valence-corrected chi connectivity index (χ4v) is 2.27. The molecule has 2 aromatic rings. The summed E-state index contributed by atoms with van der Waals surface area (Å²) in [6.07, 6.45) is 2.11. The number of halogens is 2. The predicted octanol–water partition coefficient (Wildman–Crippen LogP) is 3.96. The van der Waals surface area contributed by atoms with E-state index in [1.165, 1.54) is 20.3 Å². The summed E-state index contributed by atoms with van der Waals surface area (Å²) >= 11 is 0. The van der Waals surface area contributed by atoms with Gasteiger partial charge in [-0.25, -0.2) is 8.78 Å². The minimum absolute atomic E-state index is 0.230. The lowest BCUT2D eigenvalue weighted by Gasteiger charge is -2.14. The summed E-state index contributed by atoms with van der Waals surface area (Å²) in [6, 6.07) is 5.90. The van der Waals surface area contributed by atoms with Gasteiger partial charge in [0.1, 0.15) is 11.6 Å². The third kappa shape index (κ3) is 3.71. The molecule has 0 aliphatic heterocycles. The van der Waals surface area contributed by atoms with Gasteiger partial charge in [0.05, 0.1) is 19.9 Å². The van der Waals surface area contributed by atoms with E-state index in [2.05, 4.69) is 11.9 Å². The zero-order valence-electron chi connectivity index (χ0n) is 13.4. The van der Waals surface area contributed by atoms with Gasteiger partial charge in [-0.15, -0.1) is 6.58 Å². The molecule has 0 aromatic heterocycles. The van der Waals surface area contributed by atoms with Crippen LogP contribution in [0.15, 0.2) is 43.0 Å². The van der Waals surface area contributed by atoms with Crippen molar-refractivity contribution in [2.45, 2.75) is 6.42 Å². The lowest BCUT2D eigenvalue weighted by Crippen LogP contribution is -2.14. The smallest absolute Gasteiger partial charge is 0.255 e. The number of allylic oxidation sites excluding steroid dienone is 1. The van der Waals surface area contributed by atoms with E-state index in [4.69, 9.17) is 9.47 Å². The molecule has 0 fully saturated rings. The van der Waals surface area contributed by atoms with Crippen LogP contribution < -0.4 is 14.8 Å². The first-order valence-corrected chi connectivity index (χ1v) is 7.12. The maximum absolute atomic E-state index is 13.7. The van der Waals surface area contributed by atoms with Crippen molar-refractivity contribution in [2.75, 3.05) is 19.5 Å². The number of ether oxygens (including phenoxy) is 2. The standard InChI is InChI=1S/C18H17F2NO3/c1-4-5-11-8-12(9-16(23-2)17(11)24-3)18(22)21-15-10-13(19)6-7-14(15)20/h4,6-10H,1,5H2,2-3H3,(H,21,22). The van der Waals surface area contributed by atoms with Crippen molar-refractivity contribution in [1.82, 2.24) is 0 Å². The number of carbonyl (C=O) groups excluding carboxylic acids is 1. The number of anilines is 1. The van der Waals surface area contributed by atoms with Crippen molar-refractivity contribution in [3.8, 4) is 11.5 Å². The Bertz CT molecular complexity index is 775. The second-order valence-electron chi connectivity index (χ2n) is 4.94. The van der Waals surface area contributed by atoms with Gasteiger partial charge in [-0.2, -0.15) is 0 Å². The highest BCUT2D eigenvalue weighted by atomic mass is 19.1. The first-order valence-electron chi connectivity index (χ1n) is 7.12. The fraction of sp³-hybridized carbons (Fsp3) is 0.167. The molecule has 126 valence electrons. The number of nitrogens with one attached hydrogen (secondary N) is 1. The van der Waals surface area contributed by atoms with E-state index in [9.17, 15) is 13.6 Å². The third-order valence-corrected chi connectivity index (χ3v) is 3.36. The Morgan fingerprint density at radius 2 is 1.96 bits per heavy atom. The second-order valence-corrected chi connectivity index (χ2v) is 4.94. The predicted molar refractivity (Wildman–Crippen MR) is 87.8 cm³/mol. The Morgan fingerprint density at radius 3 is 2.58 bits per heavy atom. The lowest BCUT2D eigenvalue weighted by atomic mass is 10.0. The summed E-state index contributed by atoms with van der Waals surface area (Å²) in [5.74, 6) is -1.11. The largest absolute Gasteiger partial charge is 0.493 e. The zero-order valence-corrected chi connectivity index (χ0v) is 13.4. The van der Waals surface area contributed by atoms with Crippen molar-refractivity contribution >= 4 is 11.6 Å². The van der Waals surface area contributed by atoms with Gasteiger partial charge >= 0.3 is 0 Å². The molecular weight excluding hydrogens is 316 g/mol. The van der Waals surface area contributed by atoms with Crippen LogP contribution >= 0.6 is 0 Å². The molecule has 0 saturated carbocycles. The molecule has 0 spiro atoms. The molecule has 0 saturated heterocycles. The average Bonchev–Trinajstić information content (AvgIpc) is 2.57. The molecule has 0 atom stereocenters. The SMILES string of the molecule is C=CCc1cc(C(=O)Nc2cc(F)ccc2F)cc(OC)c1OC. The molecule has 4 nitrogen and oxygen atoms in total. The van der Waals surface area contributed by atoms with E-state index in [0.717, 1.165) is 18.2 Å². The zero-order chi connectivity index (χ0) is 17.7. The number of benzene rings is 2. The molecule has 0 bridgehead atoms. The second kappa shape index (κ2) is 7.59. The van der Waals surface area contributed by atoms with E-state index >= 15 is 0 Å². The molecule has 2 rings (SSSR count). The van der Waals surface area contributed by atoms with Gasteiger partial charge in [-0.1, -0.05) is 6.08 Å². The fourth-order valence-electron chi connectivity index (χ4n) is 2.27. The maximum atomic E-state index is 13.7. The lowest BCUT2D eigenvalue weighted by molar-refractivity contribution is 0.102. The normalized spacial score (nSPS) is 10.2. The number of rotatable bonds is 6. The molecule has 0 heterocycles. The Morgan fingerprint density at radius 1 is 1.21 bits per heavy atom. The van der Waals surface area contributed by atoms with E-state index in [0.29, 0.717) is 23.5 Å². The minimum atomic E-state index is -0.725. The van der Waals surface area contributed by atoms with Crippen LogP contribution in [0.1, 0.15) is 15.9 Å². The summed E-state index contributed by atoms with van der Waals surface area (Å²) in [7, 11) is 2.94. The molecule has 0 radical (unpaired) electrons. The number of hydrogen-bond acceptors (Lipinski definition) is 3. The molecular formula is C18H17F2NO3. The van der Waals surface area contributed by atoms with Crippen LogP contribution in [-0.4, -0.2) is 20.1 Å². The quantitative estimate of drug-likeness (QED) is 0.814. The molecule has 6 heteroatoms. The van der Waals surface area contributed by atoms with Crippen molar-refractivity contribution in [3.63, 3.8) is 0 Å². The van der Waals surface area contributed by atoms with Gasteiger partial charge in [0.25, 0.3) is 5.91 Å². The van der Waals surface area contributed by atoms with Gasteiger partial charge < -0.3 is 14.8 Å². The maximum Gasteiger partial charge on any atom is 0.255 e. The Balaban J connectivity index is 2.40. The molecule has 1 amide bonds. The average molecular weight is 333 g/mol. The number of hydrogen-bond donors (Lipinski definition) is 1. The van der Waals surface area contributed by atoms with Crippen molar-refractivity contribution in [3.05, 3.63) is 65.7 Å². The topological polar surface area (TPSA) is 47.6 Å². The van der Waals surface area contributed by atoms with Gasteiger partial charge in [-0.05, 0) is 30.7 Å². The highest BCUT2D eigenvalue weighted by Gasteiger charge is 2.17. The summed E-state index contributed by atoms with van der Waals surface area (Å²) in [5.41, 5.74) is 0.685. The summed E-state index contributed by atoms with van der Waals surface area (Å²) in [6.45, 7) is 3.66. The Kier molecular flexibility index (Phi) is 5.52. The van der Waals surface area contributed by atoms with Crippen LogP contribution in [0.4, 0.5) is 14.5 Å². The minimum Gasteiger partial charge on any atom is -0.493 e. The molecule has 0 aliphatic carbocycles. The molecule has 24 heavy (non-hydrogen) atoms. The van der Waals surface area contributed by atoms with Crippen LogP contribution in [0, 0.1) is 11.6 Å². The summed E-state index contributed by atoms with van der Waals surface area (Å²) in [5, 5.41) is 2.35. The van der Waals surface area contributed by atoms with Gasteiger partial charge in [0, 0.05) is 17.2 Å². The van der Waals surface area contributed by atoms with Crippen LogP contribution in [0.2, 0.25) is 0 Å². The first kappa shape index (κ1) is 17.5. The number of carbonyl (C=O) groups is 1. The van der Waals surface area contributed by atoms with Gasteiger partial charge in [0.2, 0.25) is 0 Å². The Labute approximate surface area is 138 Å². The van der Waals surface area contributed by atoms with E-state index in [1.807, 2.05) is 0 Å². The number of amides is 1. The van der Waals surface area contributed by atoms with Crippen molar-refractivity contribution < 1.29 is 23.0 Å². The summed E-state index contributed by atoms with van der Waals surface area (Å²) < 4.78 is 37.4. The summed E-state index contributed by atoms with van der Waals surface area (Å²) in [4.78, 5) is 12.4. The van der Waals surface area contributed by atoms with Gasteiger partial charge in [0.15, 0.2) is 11.5 Å². The van der Waals surface area contributed by atoms with Crippen LogP contribution in [0.5, 0.6) is 11.5 Å². The highest BCUT2D eigenvalue weighted by molar-refractivity contribution is 6.05. The van der Waals surface area contributed by atoms with Crippen LogP contribution in [0.3, 0.4) is 0 Å². The molecule has 2 aromatic carbocycles. The number of methoxy groups -OCH3 is 2. The molecule has 0 unspecified atom stereocenters. The van der Waals surface area contributed by atoms with E-state index in [-0.39, 0.29) is 11.3 Å². The molecule has 1 N–H and O–H groups in total. The van der Waals surface area contributed by atoms with E-state index in [1.54, 1.807) is 12.1 Å². The van der Waals surface area contributed by atoms with Crippen molar-refractivity contribution in [2.24, 2.45) is 0 Å². The van der Waals surface area contributed by atoms with Crippen LogP contribution in [0.25, 0.3) is 0 Å². The van der Waals surface area contributed by atoms with Gasteiger partial charge in [-0.3, -0.25) is 4.79 Å². The Hall–Kier alpha value is -2.89. The third-order valence-electron chi connectivity index (χ3n) is 3.36.